The Labute approximate surface area is 124 Å². The molecule has 0 aromatic heterocycles. The van der Waals surface area contributed by atoms with Crippen molar-refractivity contribution in [2.24, 2.45) is 0 Å². The Morgan fingerprint density at radius 3 is 2.90 bits per heavy atom. The van der Waals surface area contributed by atoms with E-state index in [9.17, 15) is 9.59 Å². The van der Waals surface area contributed by atoms with Gasteiger partial charge in [0.1, 0.15) is 0 Å². The van der Waals surface area contributed by atoms with Crippen LogP contribution in [0, 0.1) is 0 Å². The highest BCUT2D eigenvalue weighted by molar-refractivity contribution is 8.00. The minimum absolute atomic E-state index is 0.0269. The van der Waals surface area contributed by atoms with E-state index in [1.807, 2.05) is 11.8 Å². The van der Waals surface area contributed by atoms with Crippen LogP contribution in [0.5, 0.6) is 0 Å². The summed E-state index contributed by atoms with van der Waals surface area (Å²) in [6, 6.07) is 0.568. The van der Waals surface area contributed by atoms with Crippen molar-refractivity contribution in [2.45, 2.75) is 43.0 Å². The predicted octanol–water partition coefficient (Wildman–Crippen LogP) is 1.41. The molecule has 2 rings (SSSR count). The minimum atomic E-state index is -0.279. The molecule has 7 heteroatoms. The van der Waals surface area contributed by atoms with Crippen LogP contribution in [0.2, 0.25) is 0 Å². The summed E-state index contributed by atoms with van der Waals surface area (Å²) in [7, 11) is 3.36. The summed E-state index contributed by atoms with van der Waals surface area (Å²) in [6.45, 7) is 0.485. The van der Waals surface area contributed by atoms with Crippen molar-refractivity contribution >= 4 is 23.9 Å². The molecule has 2 aliphatic heterocycles. The molecule has 2 N–H and O–H groups in total. The van der Waals surface area contributed by atoms with Gasteiger partial charge in [-0.05, 0) is 12.8 Å². The van der Waals surface area contributed by atoms with E-state index < -0.39 is 0 Å². The number of nitrogens with zero attached hydrogens (tertiary/aromatic N) is 1. The predicted molar refractivity (Wildman–Crippen MR) is 79.0 cm³/mol. The molecule has 2 fully saturated rings. The van der Waals surface area contributed by atoms with E-state index in [2.05, 4.69) is 10.6 Å². The first-order valence-corrected chi connectivity index (χ1v) is 8.15. The highest BCUT2D eigenvalue weighted by Crippen LogP contribution is 2.33. The van der Waals surface area contributed by atoms with Gasteiger partial charge in [0, 0.05) is 25.1 Å². The molecule has 3 amide bonds. The first kappa shape index (κ1) is 15.3. The Kier molecular flexibility index (Phi) is 5.39. The fraction of sp³-hybridized carbons (Fsp3) is 0.846. The molecule has 0 saturated carbocycles. The maximum absolute atomic E-state index is 11.3. The number of rotatable bonds is 6. The van der Waals surface area contributed by atoms with Crippen molar-refractivity contribution in [1.82, 2.24) is 15.5 Å². The van der Waals surface area contributed by atoms with Crippen molar-refractivity contribution in [2.75, 3.05) is 26.5 Å². The Hall–Kier alpha value is -1.11. The van der Waals surface area contributed by atoms with Crippen molar-refractivity contribution < 1.29 is 14.3 Å². The lowest BCUT2D eigenvalue weighted by Crippen LogP contribution is -2.36. The average molecular weight is 301 g/mol. The lowest BCUT2D eigenvalue weighted by atomic mass is 10.0. The molecule has 0 aliphatic carbocycles. The molecule has 0 radical (unpaired) electrons. The van der Waals surface area contributed by atoms with Crippen LogP contribution < -0.4 is 10.6 Å². The van der Waals surface area contributed by atoms with E-state index in [1.54, 1.807) is 14.1 Å². The van der Waals surface area contributed by atoms with Gasteiger partial charge in [0.2, 0.25) is 0 Å². The molecule has 3 atom stereocenters. The van der Waals surface area contributed by atoms with Gasteiger partial charge in [-0.1, -0.05) is 12.8 Å². The van der Waals surface area contributed by atoms with Gasteiger partial charge in [-0.2, -0.15) is 11.8 Å². The van der Waals surface area contributed by atoms with Gasteiger partial charge >= 0.3 is 12.1 Å². The van der Waals surface area contributed by atoms with E-state index in [0.29, 0.717) is 23.9 Å². The van der Waals surface area contributed by atoms with Crippen molar-refractivity contribution in [3.63, 3.8) is 0 Å². The maximum atomic E-state index is 11.3. The van der Waals surface area contributed by atoms with Crippen molar-refractivity contribution in [1.29, 1.82) is 0 Å². The van der Waals surface area contributed by atoms with Crippen LogP contribution in [-0.4, -0.2) is 60.8 Å². The zero-order chi connectivity index (χ0) is 14.5. The number of thioether (sulfide) groups is 1. The van der Waals surface area contributed by atoms with Gasteiger partial charge in [0.25, 0.3) is 0 Å². The van der Waals surface area contributed by atoms with E-state index in [1.165, 1.54) is 4.90 Å². The summed E-state index contributed by atoms with van der Waals surface area (Å²) in [5.74, 6) is 1.01. The second-order valence-electron chi connectivity index (χ2n) is 5.48. The Morgan fingerprint density at radius 2 is 2.15 bits per heavy atom. The third-order valence-electron chi connectivity index (χ3n) is 3.66. The highest BCUT2D eigenvalue weighted by Gasteiger charge is 2.42. The summed E-state index contributed by atoms with van der Waals surface area (Å²) in [5, 5.41) is 6.46. The van der Waals surface area contributed by atoms with Gasteiger partial charge in [0.05, 0.1) is 18.7 Å². The Balaban J connectivity index is 1.54. The summed E-state index contributed by atoms with van der Waals surface area (Å²) in [6.07, 6.45) is 3.89. The van der Waals surface area contributed by atoms with Crippen molar-refractivity contribution in [3.8, 4) is 0 Å². The average Bonchev–Trinajstić information content (AvgIpc) is 2.93. The number of urea groups is 1. The zero-order valence-corrected chi connectivity index (χ0v) is 12.9. The van der Waals surface area contributed by atoms with Gasteiger partial charge in [-0.25, -0.2) is 9.59 Å². The third-order valence-corrected chi connectivity index (χ3v) is 5.17. The van der Waals surface area contributed by atoms with Crippen LogP contribution in [0.25, 0.3) is 0 Å². The number of carbonyl (C=O) groups excluding carboxylic acids is 2. The largest absolute Gasteiger partial charge is 0.449 e. The third kappa shape index (κ3) is 3.94. The Morgan fingerprint density at radius 1 is 1.35 bits per heavy atom. The quantitative estimate of drug-likeness (QED) is 0.575. The maximum Gasteiger partial charge on any atom is 0.409 e. The number of hydrogen-bond donors (Lipinski definition) is 2. The summed E-state index contributed by atoms with van der Waals surface area (Å²) < 4.78 is 5.07. The first-order chi connectivity index (χ1) is 9.58. The molecule has 114 valence electrons. The van der Waals surface area contributed by atoms with Gasteiger partial charge in [0.15, 0.2) is 0 Å². The number of unbranched alkanes of at least 4 members (excludes halogenated alkanes) is 2. The molecule has 2 heterocycles. The van der Waals surface area contributed by atoms with Crippen LogP contribution in [0.15, 0.2) is 0 Å². The molecule has 0 aromatic rings. The Bertz CT molecular complexity index is 365. The first-order valence-electron chi connectivity index (χ1n) is 7.10. The molecule has 20 heavy (non-hydrogen) atoms. The lowest BCUT2D eigenvalue weighted by molar-refractivity contribution is 0.116. The van der Waals surface area contributed by atoms with Gasteiger partial charge in [-0.3, -0.25) is 0 Å². The van der Waals surface area contributed by atoms with Gasteiger partial charge < -0.3 is 20.3 Å². The van der Waals surface area contributed by atoms with E-state index >= 15 is 0 Å². The van der Waals surface area contributed by atoms with Crippen LogP contribution >= 0.6 is 11.8 Å². The molecule has 2 saturated heterocycles. The molecule has 1 unspecified atom stereocenters. The minimum Gasteiger partial charge on any atom is -0.449 e. The van der Waals surface area contributed by atoms with E-state index in [0.717, 1.165) is 31.4 Å². The molecule has 0 aromatic carbocycles. The summed E-state index contributed by atoms with van der Waals surface area (Å²) in [5.41, 5.74) is 0. The smallest absolute Gasteiger partial charge is 0.409 e. The second kappa shape index (κ2) is 7.06. The molecule has 2 aliphatic rings. The van der Waals surface area contributed by atoms with Crippen molar-refractivity contribution in [3.05, 3.63) is 0 Å². The molecule has 6 nitrogen and oxygen atoms in total. The molecule has 0 bridgehead atoms. The number of fused-ring (bicyclic) bond motifs is 1. The van der Waals surface area contributed by atoms with Gasteiger partial charge in [-0.15, -0.1) is 0 Å². The monoisotopic (exact) mass is 301 g/mol. The number of carbonyl (C=O) groups is 2. The summed E-state index contributed by atoms with van der Waals surface area (Å²) in [4.78, 5) is 23.9. The molecule has 0 spiro atoms. The second-order valence-corrected chi connectivity index (χ2v) is 6.75. The zero-order valence-electron chi connectivity index (χ0n) is 12.1. The number of hydrogen-bond acceptors (Lipinski definition) is 4. The standard InChI is InChI=1S/C13H23N3O3S/c1-16(2)13(18)19-7-5-3-4-6-10-11-9(8-20-10)14-12(17)15-11/h9-11H,3-8H2,1-2H3,(H2,14,15,17)/t9-,10?,11-/m0/s1. The molecular formula is C13H23N3O3S. The number of nitrogens with one attached hydrogen (secondary N) is 2. The van der Waals surface area contributed by atoms with Crippen LogP contribution in [0.3, 0.4) is 0 Å². The SMILES string of the molecule is CN(C)C(=O)OCCCCCC1SC[C@@H]2NC(=O)N[C@H]12. The molecular weight excluding hydrogens is 278 g/mol. The fourth-order valence-electron chi connectivity index (χ4n) is 2.56. The highest BCUT2D eigenvalue weighted by atomic mass is 32.2. The number of amides is 3. The van der Waals surface area contributed by atoms with Crippen LogP contribution in [-0.2, 0) is 4.74 Å². The summed E-state index contributed by atoms with van der Waals surface area (Å²) >= 11 is 1.94. The topological polar surface area (TPSA) is 70.7 Å². The normalized spacial score (nSPS) is 27.7. The lowest BCUT2D eigenvalue weighted by Gasteiger charge is -2.16. The van der Waals surface area contributed by atoms with Crippen LogP contribution in [0.4, 0.5) is 9.59 Å². The fourth-order valence-corrected chi connectivity index (χ4v) is 4.10. The number of ether oxygens (including phenoxy) is 1. The van der Waals surface area contributed by atoms with Crippen LogP contribution in [0.1, 0.15) is 25.7 Å². The van der Waals surface area contributed by atoms with E-state index in [-0.39, 0.29) is 12.1 Å². The van der Waals surface area contributed by atoms with E-state index in [4.69, 9.17) is 4.74 Å².